The average Bonchev–Trinajstić information content (AvgIpc) is 2.79. The Labute approximate surface area is 110 Å². The van der Waals surface area contributed by atoms with Crippen molar-refractivity contribution in [3.05, 3.63) is 18.2 Å². The van der Waals surface area contributed by atoms with Crippen molar-refractivity contribution in [2.45, 2.75) is 25.8 Å². The highest BCUT2D eigenvalue weighted by Gasteiger charge is 2.24. The SMILES string of the molecule is CCN1CCCC1CN(C)c1ccc(N)c(N)c1. The van der Waals surface area contributed by atoms with E-state index < -0.39 is 0 Å². The van der Waals surface area contributed by atoms with Gasteiger partial charge < -0.3 is 16.4 Å². The normalized spacial score (nSPS) is 20.2. The molecular formula is C14H24N4. The van der Waals surface area contributed by atoms with E-state index in [0.29, 0.717) is 17.4 Å². The highest BCUT2D eigenvalue weighted by Crippen LogP contribution is 2.24. The Morgan fingerprint density at radius 3 is 2.78 bits per heavy atom. The number of benzene rings is 1. The number of likely N-dealkylation sites (tertiary alicyclic amines) is 1. The minimum Gasteiger partial charge on any atom is -0.397 e. The van der Waals surface area contributed by atoms with Gasteiger partial charge in [0.2, 0.25) is 0 Å². The molecule has 4 nitrogen and oxygen atoms in total. The van der Waals surface area contributed by atoms with Crippen LogP contribution in [0.5, 0.6) is 0 Å². The molecule has 0 bridgehead atoms. The lowest BCUT2D eigenvalue weighted by Gasteiger charge is -2.29. The number of hydrogen-bond donors (Lipinski definition) is 2. The monoisotopic (exact) mass is 248 g/mol. The summed E-state index contributed by atoms with van der Waals surface area (Å²) in [6, 6.07) is 6.55. The molecule has 0 aromatic heterocycles. The Bertz CT molecular complexity index is 405. The smallest absolute Gasteiger partial charge is 0.0568 e. The molecule has 1 aromatic carbocycles. The second kappa shape index (κ2) is 5.48. The molecule has 1 saturated heterocycles. The summed E-state index contributed by atoms with van der Waals surface area (Å²) in [6.07, 6.45) is 2.61. The third-order valence-corrected chi connectivity index (χ3v) is 3.90. The van der Waals surface area contributed by atoms with Crippen molar-refractivity contribution in [3.8, 4) is 0 Å². The van der Waals surface area contributed by atoms with Crippen LogP contribution in [-0.4, -0.2) is 37.6 Å². The van der Waals surface area contributed by atoms with Gasteiger partial charge in [0.05, 0.1) is 11.4 Å². The summed E-state index contributed by atoms with van der Waals surface area (Å²) in [7, 11) is 2.12. The maximum atomic E-state index is 5.86. The van der Waals surface area contributed by atoms with Gasteiger partial charge in [-0.15, -0.1) is 0 Å². The van der Waals surface area contributed by atoms with Crippen molar-refractivity contribution in [2.75, 3.05) is 43.0 Å². The molecule has 1 unspecified atom stereocenters. The van der Waals surface area contributed by atoms with Crippen LogP contribution in [0.15, 0.2) is 18.2 Å². The van der Waals surface area contributed by atoms with Crippen molar-refractivity contribution in [2.24, 2.45) is 0 Å². The van der Waals surface area contributed by atoms with Crippen molar-refractivity contribution in [1.82, 2.24) is 4.90 Å². The van der Waals surface area contributed by atoms with Crippen LogP contribution in [0.2, 0.25) is 0 Å². The highest BCUT2D eigenvalue weighted by atomic mass is 15.2. The molecule has 4 heteroatoms. The lowest BCUT2D eigenvalue weighted by Crippen LogP contribution is -2.38. The number of anilines is 3. The van der Waals surface area contributed by atoms with E-state index in [9.17, 15) is 0 Å². The van der Waals surface area contributed by atoms with Gasteiger partial charge in [-0.25, -0.2) is 0 Å². The quantitative estimate of drug-likeness (QED) is 0.797. The summed E-state index contributed by atoms with van der Waals surface area (Å²) in [6.45, 7) is 5.66. The van der Waals surface area contributed by atoms with Crippen LogP contribution in [0.1, 0.15) is 19.8 Å². The zero-order chi connectivity index (χ0) is 13.1. The number of nitrogen functional groups attached to an aromatic ring is 2. The van der Waals surface area contributed by atoms with Gasteiger partial charge in [0.15, 0.2) is 0 Å². The van der Waals surface area contributed by atoms with Crippen LogP contribution >= 0.6 is 0 Å². The zero-order valence-corrected chi connectivity index (χ0v) is 11.4. The predicted molar refractivity (Wildman–Crippen MR) is 78.8 cm³/mol. The summed E-state index contributed by atoms with van der Waals surface area (Å²) < 4.78 is 0. The molecule has 1 aromatic rings. The van der Waals surface area contributed by atoms with Crippen LogP contribution in [0, 0.1) is 0 Å². The Balaban J connectivity index is 2.02. The van der Waals surface area contributed by atoms with Gasteiger partial charge in [-0.3, -0.25) is 4.90 Å². The van der Waals surface area contributed by atoms with E-state index in [1.165, 1.54) is 19.4 Å². The van der Waals surface area contributed by atoms with Crippen molar-refractivity contribution < 1.29 is 0 Å². The molecule has 1 aliphatic heterocycles. The van der Waals surface area contributed by atoms with E-state index in [1.807, 2.05) is 18.2 Å². The summed E-state index contributed by atoms with van der Waals surface area (Å²) in [5.74, 6) is 0. The largest absolute Gasteiger partial charge is 0.397 e. The first-order valence-corrected chi connectivity index (χ1v) is 6.72. The first kappa shape index (κ1) is 13.0. The molecule has 0 aliphatic carbocycles. The maximum absolute atomic E-state index is 5.86. The fourth-order valence-corrected chi connectivity index (χ4v) is 2.74. The standard InChI is InChI=1S/C14H24N4/c1-3-18-8-4-5-12(18)10-17(2)11-6-7-13(15)14(16)9-11/h6-7,9,12H,3-5,8,10,15-16H2,1-2H3. The molecule has 1 atom stereocenters. The van der Waals surface area contributed by atoms with E-state index in [1.54, 1.807) is 0 Å². The van der Waals surface area contributed by atoms with Crippen LogP contribution in [-0.2, 0) is 0 Å². The second-order valence-corrected chi connectivity index (χ2v) is 5.12. The van der Waals surface area contributed by atoms with Gasteiger partial charge in [0, 0.05) is 25.3 Å². The molecule has 100 valence electrons. The molecule has 18 heavy (non-hydrogen) atoms. The van der Waals surface area contributed by atoms with Crippen molar-refractivity contribution >= 4 is 17.1 Å². The Hall–Kier alpha value is -1.42. The van der Waals surface area contributed by atoms with E-state index >= 15 is 0 Å². The third-order valence-electron chi connectivity index (χ3n) is 3.90. The molecule has 0 spiro atoms. The van der Waals surface area contributed by atoms with Gasteiger partial charge in [-0.2, -0.15) is 0 Å². The molecule has 1 fully saturated rings. The molecule has 2 rings (SSSR count). The van der Waals surface area contributed by atoms with E-state index in [2.05, 4.69) is 23.8 Å². The van der Waals surface area contributed by atoms with E-state index in [-0.39, 0.29) is 0 Å². The van der Waals surface area contributed by atoms with Gasteiger partial charge >= 0.3 is 0 Å². The second-order valence-electron chi connectivity index (χ2n) is 5.12. The molecule has 1 aliphatic rings. The molecule has 4 N–H and O–H groups in total. The molecule has 0 amide bonds. The summed E-state index contributed by atoms with van der Waals surface area (Å²) >= 11 is 0. The van der Waals surface area contributed by atoms with Gasteiger partial charge in [0.1, 0.15) is 0 Å². The van der Waals surface area contributed by atoms with Gasteiger partial charge in [-0.1, -0.05) is 6.92 Å². The van der Waals surface area contributed by atoms with Crippen LogP contribution in [0.4, 0.5) is 17.1 Å². The lowest BCUT2D eigenvalue weighted by molar-refractivity contribution is 0.270. The Kier molecular flexibility index (Phi) is 3.97. The Morgan fingerprint density at radius 1 is 1.33 bits per heavy atom. The zero-order valence-electron chi connectivity index (χ0n) is 11.4. The van der Waals surface area contributed by atoms with E-state index in [0.717, 1.165) is 18.8 Å². The number of nitrogens with two attached hydrogens (primary N) is 2. The first-order valence-electron chi connectivity index (χ1n) is 6.72. The third kappa shape index (κ3) is 2.70. The van der Waals surface area contributed by atoms with Crippen LogP contribution in [0.25, 0.3) is 0 Å². The fraction of sp³-hybridized carbons (Fsp3) is 0.571. The van der Waals surface area contributed by atoms with Gasteiger partial charge in [-0.05, 0) is 44.1 Å². The van der Waals surface area contributed by atoms with Crippen LogP contribution < -0.4 is 16.4 Å². The molecule has 0 radical (unpaired) electrons. The first-order chi connectivity index (χ1) is 8.61. The van der Waals surface area contributed by atoms with Gasteiger partial charge in [0.25, 0.3) is 0 Å². The minimum atomic E-state index is 0.656. The number of likely N-dealkylation sites (N-methyl/N-ethyl adjacent to an activating group) is 2. The average molecular weight is 248 g/mol. The summed E-state index contributed by atoms with van der Waals surface area (Å²) in [4.78, 5) is 4.83. The number of rotatable bonds is 4. The molecular weight excluding hydrogens is 224 g/mol. The number of nitrogens with zero attached hydrogens (tertiary/aromatic N) is 2. The van der Waals surface area contributed by atoms with Crippen molar-refractivity contribution in [1.29, 1.82) is 0 Å². The van der Waals surface area contributed by atoms with E-state index in [4.69, 9.17) is 11.5 Å². The lowest BCUT2D eigenvalue weighted by atomic mass is 10.2. The fourth-order valence-electron chi connectivity index (χ4n) is 2.74. The highest BCUT2D eigenvalue weighted by molar-refractivity contribution is 5.69. The predicted octanol–water partition coefficient (Wildman–Crippen LogP) is 1.77. The molecule has 1 heterocycles. The Morgan fingerprint density at radius 2 is 2.11 bits per heavy atom. The van der Waals surface area contributed by atoms with Crippen LogP contribution in [0.3, 0.4) is 0 Å². The van der Waals surface area contributed by atoms with Crippen molar-refractivity contribution in [3.63, 3.8) is 0 Å². The summed E-state index contributed by atoms with van der Waals surface area (Å²) in [5, 5.41) is 0. The topological polar surface area (TPSA) is 58.5 Å². The minimum absolute atomic E-state index is 0.656. The molecule has 0 saturated carbocycles. The summed E-state index contributed by atoms with van der Waals surface area (Å²) in [5.41, 5.74) is 14.1. The number of hydrogen-bond acceptors (Lipinski definition) is 4. The maximum Gasteiger partial charge on any atom is 0.0568 e.